The number of nitrogens with two attached hydrogens (primary N) is 1. The Labute approximate surface area is 168 Å². The fourth-order valence-electron chi connectivity index (χ4n) is 3.59. The van der Waals surface area contributed by atoms with Crippen LogP contribution < -0.4 is 15.2 Å². The zero-order valence-electron chi connectivity index (χ0n) is 15.5. The van der Waals surface area contributed by atoms with E-state index in [1.54, 1.807) is 14.2 Å². The van der Waals surface area contributed by atoms with Gasteiger partial charge in [0, 0.05) is 19.0 Å². The third-order valence-electron chi connectivity index (χ3n) is 4.95. The molecule has 3 rings (SSSR count). The van der Waals surface area contributed by atoms with Gasteiger partial charge in [0.1, 0.15) is 0 Å². The molecule has 0 amide bonds. The molecule has 0 bridgehead atoms. The number of fused-ring (bicyclic) bond motifs is 1. The predicted molar refractivity (Wildman–Crippen MR) is 111 cm³/mol. The van der Waals surface area contributed by atoms with Crippen LogP contribution in [0.5, 0.6) is 11.5 Å². The minimum atomic E-state index is 0. The molecule has 0 aliphatic carbocycles. The van der Waals surface area contributed by atoms with Crippen LogP contribution in [0.25, 0.3) is 0 Å². The van der Waals surface area contributed by atoms with Crippen LogP contribution in [-0.2, 0) is 12.8 Å². The number of benzene rings is 2. The fourth-order valence-corrected chi connectivity index (χ4v) is 3.59. The van der Waals surface area contributed by atoms with E-state index in [0.717, 1.165) is 30.9 Å². The largest absolute Gasteiger partial charge is 0.493 e. The zero-order chi connectivity index (χ0) is 17.1. The lowest BCUT2D eigenvalue weighted by Crippen LogP contribution is -2.47. The minimum absolute atomic E-state index is 0. The number of hydrogen-bond acceptors (Lipinski definition) is 4. The number of methoxy groups -OCH3 is 2. The van der Waals surface area contributed by atoms with Crippen molar-refractivity contribution >= 4 is 24.8 Å². The first-order chi connectivity index (χ1) is 11.6. The summed E-state index contributed by atoms with van der Waals surface area (Å²) in [5.74, 6) is 1.58. The van der Waals surface area contributed by atoms with E-state index in [2.05, 4.69) is 48.2 Å². The number of nitrogens with zero attached hydrogens (tertiary/aromatic N) is 1. The smallest absolute Gasteiger partial charge is 0.161 e. The monoisotopic (exact) mass is 398 g/mol. The van der Waals surface area contributed by atoms with Crippen molar-refractivity contribution in [2.75, 3.05) is 20.8 Å². The number of hydrogen-bond donors (Lipinski definition) is 1. The van der Waals surface area contributed by atoms with Gasteiger partial charge in [-0.2, -0.15) is 0 Å². The maximum Gasteiger partial charge on any atom is 0.161 e. The minimum Gasteiger partial charge on any atom is -0.493 e. The van der Waals surface area contributed by atoms with Crippen LogP contribution in [0.4, 0.5) is 0 Å². The lowest BCUT2D eigenvalue weighted by Gasteiger charge is -2.39. The molecule has 6 heteroatoms. The van der Waals surface area contributed by atoms with Gasteiger partial charge in [-0.25, -0.2) is 0 Å². The average Bonchev–Trinajstić information content (AvgIpc) is 2.61. The zero-order valence-corrected chi connectivity index (χ0v) is 17.1. The van der Waals surface area contributed by atoms with Crippen LogP contribution in [0.2, 0.25) is 0 Å². The molecule has 2 aromatic carbocycles. The fraction of sp³-hybridized carbons (Fsp3) is 0.400. The van der Waals surface area contributed by atoms with Crippen molar-refractivity contribution in [1.82, 2.24) is 4.90 Å². The third kappa shape index (κ3) is 4.63. The van der Waals surface area contributed by atoms with E-state index in [-0.39, 0.29) is 37.0 Å². The Kier molecular flexibility index (Phi) is 8.71. The Morgan fingerprint density at radius 3 is 2.31 bits per heavy atom. The van der Waals surface area contributed by atoms with Crippen molar-refractivity contribution in [3.8, 4) is 11.5 Å². The topological polar surface area (TPSA) is 47.7 Å². The average molecular weight is 399 g/mol. The molecule has 0 saturated carbocycles. The predicted octanol–water partition coefficient (Wildman–Crippen LogP) is 3.99. The van der Waals surface area contributed by atoms with Gasteiger partial charge in [-0.1, -0.05) is 30.3 Å². The number of rotatable bonds is 5. The molecular formula is C20H28Cl2N2O2. The maximum absolute atomic E-state index is 6.52. The van der Waals surface area contributed by atoms with Gasteiger partial charge < -0.3 is 15.2 Å². The summed E-state index contributed by atoms with van der Waals surface area (Å²) < 4.78 is 10.9. The third-order valence-corrected chi connectivity index (χ3v) is 4.95. The van der Waals surface area contributed by atoms with Gasteiger partial charge in [0.2, 0.25) is 0 Å². The Bertz CT molecular complexity index is 698. The summed E-state index contributed by atoms with van der Waals surface area (Å²) >= 11 is 0. The Morgan fingerprint density at radius 1 is 1.08 bits per heavy atom. The molecule has 0 radical (unpaired) electrons. The summed E-state index contributed by atoms with van der Waals surface area (Å²) in [6.45, 7) is 3.17. The molecule has 1 aliphatic heterocycles. The summed E-state index contributed by atoms with van der Waals surface area (Å²) in [7, 11) is 3.36. The summed E-state index contributed by atoms with van der Waals surface area (Å²) in [6, 6.07) is 14.9. The number of halogens is 2. The van der Waals surface area contributed by atoms with E-state index < -0.39 is 0 Å². The van der Waals surface area contributed by atoms with Crippen molar-refractivity contribution < 1.29 is 9.47 Å². The second-order valence-electron chi connectivity index (χ2n) is 6.33. The standard InChI is InChI=1S/C20H26N2O2.2ClH/c1-14-17-13-19(24-3)18(23-2)12-16(17)9-10-22(14)20(21)11-15-7-5-4-6-8-15;;/h4-8,12-14,20H,9-11,21H2,1-3H3;2*1H. The first-order valence-electron chi connectivity index (χ1n) is 8.44. The molecule has 26 heavy (non-hydrogen) atoms. The SMILES string of the molecule is COc1cc2c(cc1OC)C(C)N(C(N)Cc1ccccc1)CC2.Cl.Cl. The van der Waals surface area contributed by atoms with Crippen LogP contribution in [0.1, 0.15) is 29.7 Å². The van der Waals surface area contributed by atoms with E-state index in [9.17, 15) is 0 Å². The van der Waals surface area contributed by atoms with Gasteiger partial charge in [0.25, 0.3) is 0 Å². The van der Waals surface area contributed by atoms with Crippen molar-refractivity contribution in [2.45, 2.75) is 32.0 Å². The molecule has 0 spiro atoms. The molecule has 0 fully saturated rings. The van der Waals surface area contributed by atoms with Crippen molar-refractivity contribution in [2.24, 2.45) is 5.73 Å². The highest BCUT2D eigenvalue weighted by Gasteiger charge is 2.29. The van der Waals surface area contributed by atoms with Crippen LogP contribution in [0.3, 0.4) is 0 Å². The molecule has 2 aromatic rings. The van der Waals surface area contributed by atoms with E-state index >= 15 is 0 Å². The molecule has 2 N–H and O–H groups in total. The first-order valence-corrected chi connectivity index (χ1v) is 8.44. The Hall–Kier alpha value is -1.46. The van der Waals surface area contributed by atoms with Crippen molar-refractivity contribution in [1.29, 1.82) is 0 Å². The summed E-state index contributed by atoms with van der Waals surface area (Å²) in [5, 5.41) is 0. The molecule has 1 heterocycles. The van der Waals surface area contributed by atoms with Crippen LogP contribution in [0.15, 0.2) is 42.5 Å². The molecule has 2 unspecified atom stereocenters. The van der Waals surface area contributed by atoms with Crippen LogP contribution >= 0.6 is 24.8 Å². The van der Waals surface area contributed by atoms with Gasteiger partial charge in [0.15, 0.2) is 11.5 Å². The second kappa shape index (κ2) is 10.0. The lowest BCUT2D eigenvalue weighted by atomic mass is 9.92. The summed E-state index contributed by atoms with van der Waals surface area (Å²) in [5.41, 5.74) is 10.4. The molecule has 0 saturated heterocycles. The van der Waals surface area contributed by atoms with E-state index in [1.807, 2.05) is 6.07 Å². The van der Waals surface area contributed by atoms with Gasteiger partial charge in [-0.3, -0.25) is 4.90 Å². The molecule has 0 aromatic heterocycles. The van der Waals surface area contributed by atoms with Gasteiger partial charge in [-0.15, -0.1) is 24.8 Å². The number of ether oxygens (including phenoxy) is 2. The van der Waals surface area contributed by atoms with Crippen LogP contribution in [0, 0.1) is 0 Å². The highest BCUT2D eigenvalue weighted by Crippen LogP contribution is 2.38. The lowest BCUT2D eigenvalue weighted by molar-refractivity contribution is 0.135. The van der Waals surface area contributed by atoms with Gasteiger partial charge in [-0.05, 0) is 42.2 Å². The molecular weight excluding hydrogens is 371 g/mol. The van der Waals surface area contributed by atoms with Gasteiger partial charge >= 0.3 is 0 Å². The highest BCUT2D eigenvalue weighted by atomic mass is 35.5. The maximum atomic E-state index is 6.52. The van der Waals surface area contributed by atoms with Gasteiger partial charge in [0.05, 0.1) is 20.4 Å². The molecule has 1 aliphatic rings. The molecule has 144 valence electrons. The quantitative estimate of drug-likeness (QED) is 0.826. The van der Waals surface area contributed by atoms with Crippen molar-refractivity contribution in [3.63, 3.8) is 0 Å². The normalized spacial score (nSPS) is 17.3. The molecule has 4 nitrogen and oxygen atoms in total. The highest BCUT2D eigenvalue weighted by molar-refractivity contribution is 5.85. The van der Waals surface area contributed by atoms with E-state index in [0.29, 0.717) is 0 Å². The second-order valence-corrected chi connectivity index (χ2v) is 6.33. The summed E-state index contributed by atoms with van der Waals surface area (Å²) in [4.78, 5) is 2.38. The first kappa shape index (κ1) is 22.6. The van der Waals surface area contributed by atoms with Crippen LogP contribution in [-0.4, -0.2) is 31.8 Å². The van der Waals surface area contributed by atoms with E-state index in [4.69, 9.17) is 15.2 Å². The molecule has 2 atom stereocenters. The van der Waals surface area contributed by atoms with Crippen molar-refractivity contribution in [3.05, 3.63) is 59.2 Å². The van der Waals surface area contributed by atoms with E-state index in [1.165, 1.54) is 16.7 Å². The Balaban J connectivity index is 0.00000169. The Morgan fingerprint density at radius 2 is 1.69 bits per heavy atom. The summed E-state index contributed by atoms with van der Waals surface area (Å²) in [6.07, 6.45) is 1.83.